The van der Waals surface area contributed by atoms with E-state index in [0.717, 1.165) is 25.3 Å². The summed E-state index contributed by atoms with van der Waals surface area (Å²) in [7, 11) is -4.22. The van der Waals surface area contributed by atoms with Crippen LogP contribution in [0, 0.1) is 29.0 Å². The van der Waals surface area contributed by atoms with Gasteiger partial charge in [-0.15, -0.1) is 0 Å². The van der Waals surface area contributed by atoms with Crippen LogP contribution in [0.15, 0.2) is 53.4 Å². The standard InChI is InChI=1S/C24H26FN3O4S/c25-18-6-2-4-8-20(18)33(31,32)28-19-7-3-1-5-17(19)22(29)27-21-15-9-14-10-16(21)13-24(11-14,12-15)23(26)30/h1-8,14-16,21,28H,9-13H2,(H2,26,30)(H,27,29). The van der Waals surface area contributed by atoms with Crippen LogP contribution in [0.2, 0.25) is 0 Å². The van der Waals surface area contributed by atoms with E-state index in [-0.39, 0.29) is 35.0 Å². The number of amides is 2. The van der Waals surface area contributed by atoms with E-state index in [0.29, 0.717) is 18.8 Å². The van der Waals surface area contributed by atoms with Crippen LogP contribution in [0.4, 0.5) is 10.1 Å². The van der Waals surface area contributed by atoms with E-state index in [2.05, 4.69) is 10.0 Å². The van der Waals surface area contributed by atoms with Crippen LogP contribution < -0.4 is 15.8 Å². The van der Waals surface area contributed by atoms with E-state index < -0.39 is 32.1 Å². The minimum Gasteiger partial charge on any atom is -0.369 e. The second-order valence-corrected chi connectivity index (χ2v) is 11.3. The highest BCUT2D eigenvalue weighted by Crippen LogP contribution is 2.59. The molecule has 6 rings (SSSR count). The zero-order valence-electron chi connectivity index (χ0n) is 18.0. The van der Waals surface area contributed by atoms with E-state index in [4.69, 9.17) is 5.73 Å². The van der Waals surface area contributed by atoms with Gasteiger partial charge in [0, 0.05) is 11.5 Å². The monoisotopic (exact) mass is 471 g/mol. The lowest BCUT2D eigenvalue weighted by atomic mass is 9.47. The molecule has 4 fully saturated rings. The molecule has 0 aliphatic heterocycles. The summed E-state index contributed by atoms with van der Waals surface area (Å²) in [6.07, 6.45) is 4.12. The largest absolute Gasteiger partial charge is 0.369 e. The fraction of sp³-hybridized carbons (Fsp3) is 0.417. The molecule has 2 atom stereocenters. The van der Waals surface area contributed by atoms with E-state index in [1.807, 2.05) is 0 Å². The molecule has 0 saturated heterocycles. The van der Waals surface area contributed by atoms with Crippen molar-refractivity contribution in [3.05, 3.63) is 59.9 Å². The zero-order valence-corrected chi connectivity index (χ0v) is 18.8. The first kappa shape index (κ1) is 21.9. The Labute approximate surface area is 192 Å². The quantitative estimate of drug-likeness (QED) is 0.600. The molecule has 4 N–H and O–H groups in total. The Morgan fingerprint density at radius 1 is 0.970 bits per heavy atom. The molecule has 2 amide bonds. The first-order valence-corrected chi connectivity index (χ1v) is 12.6. The normalized spacial score (nSPS) is 30.1. The molecule has 2 aromatic rings. The Bertz CT molecular complexity index is 1220. The smallest absolute Gasteiger partial charge is 0.264 e. The lowest BCUT2D eigenvalue weighted by molar-refractivity contribution is -0.145. The molecule has 0 heterocycles. The zero-order chi connectivity index (χ0) is 23.4. The maximum absolute atomic E-state index is 14.1. The molecule has 4 bridgehead atoms. The topological polar surface area (TPSA) is 118 Å². The van der Waals surface area contributed by atoms with Crippen molar-refractivity contribution >= 4 is 27.5 Å². The van der Waals surface area contributed by atoms with Crippen molar-refractivity contribution in [1.29, 1.82) is 0 Å². The van der Waals surface area contributed by atoms with Gasteiger partial charge in [0.05, 0.1) is 11.3 Å². The molecular weight excluding hydrogens is 445 g/mol. The second-order valence-electron chi connectivity index (χ2n) is 9.70. The Balaban J connectivity index is 1.37. The van der Waals surface area contributed by atoms with Crippen LogP contribution in [0.3, 0.4) is 0 Å². The first-order valence-electron chi connectivity index (χ1n) is 11.2. The lowest BCUT2D eigenvalue weighted by Gasteiger charge is -2.58. The number of anilines is 1. The van der Waals surface area contributed by atoms with Crippen molar-refractivity contribution < 1.29 is 22.4 Å². The van der Waals surface area contributed by atoms with E-state index in [9.17, 15) is 22.4 Å². The maximum atomic E-state index is 14.1. The van der Waals surface area contributed by atoms with E-state index in [1.165, 1.54) is 30.3 Å². The summed E-state index contributed by atoms with van der Waals surface area (Å²) in [5.41, 5.74) is 5.54. The predicted octanol–water partition coefficient (Wildman–Crippen LogP) is 3.04. The second kappa shape index (κ2) is 7.83. The van der Waals surface area contributed by atoms with E-state index in [1.54, 1.807) is 12.1 Å². The SMILES string of the molecule is NC(=O)C12CC3CC(C1)C(NC(=O)c1ccccc1NS(=O)(=O)c1ccccc1F)C(C3)C2. The number of nitrogens with one attached hydrogen (secondary N) is 2. The van der Waals surface area contributed by atoms with Gasteiger partial charge in [-0.2, -0.15) is 0 Å². The molecule has 4 saturated carbocycles. The van der Waals surface area contributed by atoms with Gasteiger partial charge in [0.2, 0.25) is 5.91 Å². The molecule has 9 heteroatoms. The van der Waals surface area contributed by atoms with Crippen molar-refractivity contribution in [2.45, 2.75) is 43.0 Å². The van der Waals surface area contributed by atoms with Crippen LogP contribution >= 0.6 is 0 Å². The minimum absolute atomic E-state index is 0.0793. The number of sulfonamides is 1. The number of halogens is 1. The Kier molecular flexibility index (Phi) is 5.19. The summed E-state index contributed by atoms with van der Waals surface area (Å²) in [4.78, 5) is 24.9. The van der Waals surface area contributed by atoms with Crippen LogP contribution in [-0.4, -0.2) is 26.3 Å². The summed E-state index contributed by atoms with van der Waals surface area (Å²) >= 11 is 0. The summed E-state index contributed by atoms with van der Waals surface area (Å²) in [6.45, 7) is 0. The summed E-state index contributed by atoms with van der Waals surface area (Å²) in [5.74, 6) is -0.691. The van der Waals surface area contributed by atoms with Crippen LogP contribution in [-0.2, 0) is 14.8 Å². The third-order valence-corrected chi connectivity index (χ3v) is 9.03. The number of nitrogens with two attached hydrogens (primary N) is 1. The Morgan fingerprint density at radius 2 is 1.61 bits per heavy atom. The summed E-state index contributed by atoms with van der Waals surface area (Å²) in [5, 5.41) is 3.11. The molecule has 0 spiro atoms. The van der Waals surface area contributed by atoms with E-state index >= 15 is 0 Å². The molecule has 2 unspecified atom stereocenters. The Morgan fingerprint density at radius 3 is 2.27 bits per heavy atom. The average Bonchev–Trinajstić information content (AvgIpc) is 2.76. The number of para-hydroxylation sites is 1. The third-order valence-electron chi connectivity index (χ3n) is 7.64. The van der Waals surface area contributed by atoms with Gasteiger partial charge in [0.1, 0.15) is 10.7 Å². The third kappa shape index (κ3) is 3.78. The van der Waals surface area contributed by atoms with Gasteiger partial charge in [0.25, 0.3) is 15.9 Å². The summed E-state index contributed by atoms with van der Waals surface area (Å²) in [6, 6.07) is 11.3. The van der Waals surface area contributed by atoms with Gasteiger partial charge in [-0.1, -0.05) is 24.3 Å². The molecule has 4 aliphatic rings. The number of benzene rings is 2. The highest BCUT2D eigenvalue weighted by Gasteiger charge is 2.58. The Hall–Kier alpha value is -2.94. The van der Waals surface area contributed by atoms with Crippen LogP contribution in [0.5, 0.6) is 0 Å². The van der Waals surface area contributed by atoms with Crippen molar-refractivity contribution in [1.82, 2.24) is 5.32 Å². The number of rotatable bonds is 6. The van der Waals surface area contributed by atoms with Gasteiger partial charge in [-0.25, -0.2) is 12.8 Å². The number of hydrogen-bond acceptors (Lipinski definition) is 4. The molecule has 0 radical (unpaired) electrons. The molecule has 7 nitrogen and oxygen atoms in total. The minimum atomic E-state index is -4.22. The van der Waals surface area contributed by atoms with Gasteiger partial charge >= 0.3 is 0 Å². The van der Waals surface area contributed by atoms with Gasteiger partial charge in [-0.05, 0) is 74.1 Å². The van der Waals surface area contributed by atoms with Crippen molar-refractivity contribution in [2.24, 2.45) is 28.9 Å². The van der Waals surface area contributed by atoms with Gasteiger partial charge < -0.3 is 11.1 Å². The average molecular weight is 472 g/mol. The van der Waals surface area contributed by atoms with Crippen LogP contribution in [0.1, 0.15) is 42.5 Å². The fourth-order valence-corrected chi connectivity index (χ4v) is 7.58. The molecule has 0 aromatic heterocycles. The van der Waals surface area contributed by atoms with Crippen molar-refractivity contribution in [2.75, 3.05) is 4.72 Å². The molecule has 2 aromatic carbocycles. The number of primary amides is 1. The first-order chi connectivity index (χ1) is 15.7. The molecular formula is C24H26FN3O4S. The lowest BCUT2D eigenvalue weighted by Crippen LogP contribution is -2.62. The maximum Gasteiger partial charge on any atom is 0.264 e. The highest BCUT2D eigenvalue weighted by atomic mass is 32.2. The van der Waals surface area contributed by atoms with Crippen molar-refractivity contribution in [3.8, 4) is 0 Å². The molecule has 174 valence electrons. The molecule has 33 heavy (non-hydrogen) atoms. The summed E-state index contributed by atoms with van der Waals surface area (Å²) < 4.78 is 42.0. The van der Waals surface area contributed by atoms with Crippen LogP contribution in [0.25, 0.3) is 0 Å². The van der Waals surface area contributed by atoms with Gasteiger partial charge in [0.15, 0.2) is 0 Å². The number of hydrogen-bond donors (Lipinski definition) is 3. The number of carbonyl (C=O) groups is 2. The van der Waals surface area contributed by atoms with Gasteiger partial charge in [-0.3, -0.25) is 14.3 Å². The number of carbonyl (C=O) groups excluding carboxylic acids is 2. The molecule has 4 aliphatic carbocycles. The van der Waals surface area contributed by atoms with Crippen molar-refractivity contribution in [3.63, 3.8) is 0 Å². The highest BCUT2D eigenvalue weighted by molar-refractivity contribution is 7.92. The fourth-order valence-electron chi connectivity index (χ4n) is 6.42. The predicted molar refractivity (Wildman–Crippen MR) is 120 cm³/mol.